The van der Waals surface area contributed by atoms with Gasteiger partial charge in [-0.1, -0.05) is 0 Å². The van der Waals surface area contributed by atoms with Crippen molar-refractivity contribution in [1.29, 1.82) is 0 Å². The molecule has 104 valence electrons. The van der Waals surface area contributed by atoms with Crippen LogP contribution in [0.5, 0.6) is 0 Å². The highest BCUT2D eigenvalue weighted by molar-refractivity contribution is 5.96. The molecule has 0 atom stereocenters. The smallest absolute Gasteiger partial charge is 0.292 e. The molecular formula is C14H12F2N2O2. The summed E-state index contributed by atoms with van der Waals surface area (Å²) in [4.78, 5) is 27.4. The number of aromatic nitrogens is 2. The summed E-state index contributed by atoms with van der Waals surface area (Å²) in [6.07, 6.45) is 0. The molecule has 0 aliphatic carbocycles. The van der Waals surface area contributed by atoms with Crippen molar-refractivity contribution in [3.8, 4) is 0 Å². The Kier molecular flexibility index (Phi) is 3.74. The number of ketones is 1. The van der Waals surface area contributed by atoms with E-state index in [1.165, 1.54) is 0 Å². The quantitative estimate of drug-likeness (QED) is 0.807. The Balaban J connectivity index is 2.38. The molecule has 2 aromatic rings. The van der Waals surface area contributed by atoms with Crippen molar-refractivity contribution in [2.75, 3.05) is 0 Å². The fourth-order valence-corrected chi connectivity index (χ4v) is 1.91. The fourth-order valence-electron chi connectivity index (χ4n) is 1.91. The molecule has 0 fully saturated rings. The van der Waals surface area contributed by atoms with Crippen molar-refractivity contribution >= 4 is 5.78 Å². The minimum Gasteiger partial charge on any atom is -0.292 e. The normalized spacial score (nSPS) is 10.6. The third-order valence-corrected chi connectivity index (χ3v) is 2.88. The summed E-state index contributed by atoms with van der Waals surface area (Å²) >= 11 is 0. The third kappa shape index (κ3) is 2.79. The summed E-state index contributed by atoms with van der Waals surface area (Å²) < 4.78 is 27.7. The highest BCUT2D eigenvalue weighted by Crippen LogP contribution is 2.11. The Hall–Kier alpha value is -2.37. The van der Waals surface area contributed by atoms with E-state index >= 15 is 0 Å². The van der Waals surface area contributed by atoms with Gasteiger partial charge in [-0.05, 0) is 38.1 Å². The van der Waals surface area contributed by atoms with Crippen LogP contribution in [0.4, 0.5) is 8.78 Å². The Morgan fingerprint density at radius 1 is 1.25 bits per heavy atom. The summed E-state index contributed by atoms with van der Waals surface area (Å²) in [5.41, 5.74) is 0.102. The van der Waals surface area contributed by atoms with Gasteiger partial charge in [-0.2, -0.15) is 4.98 Å². The summed E-state index contributed by atoms with van der Waals surface area (Å²) in [5, 5.41) is 0. The zero-order valence-electron chi connectivity index (χ0n) is 11.0. The number of hydrogen-bond acceptors (Lipinski definition) is 3. The molecule has 0 saturated carbocycles. The minimum atomic E-state index is -0.817. The lowest BCUT2D eigenvalue weighted by atomic mass is 10.1. The Morgan fingerprint density at radius 2 is 1.95 bits per heavy atom. The molecule has 1 aromatic carbocycles. The van der Waals surface area contributed by atoms with Gasteiger partial charge < -0.3 is 0 Å². The van der Waals surface area contributed by atoms with Crippen LogP contribution in [0.3, 0.4) is 0 Å². The standard InChI is InChI=1S/C14H12F2N2O2/c1-8-5-9(2)18(14(20)17-8)7-13(19)11-6-10(15)3-4-12(11)16/h3-6H,7H2,1-2H3. The predicted molar refractivity (Wildman–Crippen MR) is 68.7 cm³/mol. The number of carbonyl (C=O) groups excluding carboxylic acids is 1. The van der Waals surface area contributed by atoms with E-state index in [4.69, 9.17) is 0 Å². The summed E-state index contributed by atoms with van der Waals surface area (Å²) in [6.45, 7) is 2.93. The molecular weight excluding hydrogens is 266 g/mol. The van der Waals surface area contributed by atoms with Crippen LogP contribution in [0.2, 0.25) is 0 Å². The first kappa shape index (κ1) is 14.0. The maximum absolute atomic E-state index is 13.5. The predicted octanol–water partition coefficient (Wildman–Crippen LogP) is 2.02. The fraction of sp³-hybridized carbons (Fsp3) is 0.214. The number of benzene rings is 1. The molecule has 2 rings (SSSR count). The van der Waals surface area contributed by atoms with Crippen LogP contribution in [0.25, 0.3) is 0 Å². The first-order chi connectivity index (χ1) is 9.38. The van der Waals surface area contributed by atoms with Gasteiger partial charge in [0.15, 0.2) is 5.78 Å². The number of nitrogens with zero attached hydrogens (tertiary/aromatic N) is 2. The lowest BCUT2D eigenvalue weighted by Gasteiger charge is -2.09. The Labute approximate surface area is 113 Å². The third-order valence-electron chi connectivity index (χ3n) is 2.88. The molecule has 20 heavy (non-hydrogen) atoms. The summed E-state index contributed by atoms with van der Waals surface area (Å²) in [5.74, 6) is -2.21. The molecule has 6 heteroatoms. The summed E-state index contributed by atoms with van der Waals surface area (Å²) in [6, 6.07) is 4.26. The molecule has 4 nitrogen and oxygen atoms in total. The number of hydrogen-bond donors (Lipinski definition) is 0. The van der Waals surface area contributed by atoms with Gasteiger partial charge in [-0.3, -0.25) is 9.36 Å². The van der Waals surface area contributed by atoms with Crippen molar-refractivity contribution < 1.29 is 13.6 Å². The van der Waals surface area contributed by atoms with Gasteiger partial charge in [0.05, 0.1) is 12.1 Å². The molecule has 0 bridgehead atoms. The molecule has 0 amide bonds. The van der Waals surface area contributed by atoms with E-state index in [1.807, 2.05) is 0 Å². The molecule has 0 radical (unpaired) electrons. The topological polar surface area (TPSA) is 52.0 Å². The average Bonchev–Trinajstić information content (AvgIpc) is 2.36. The Bertz CT molecular complexity index is 738. The number of rotatable bonds is 3. The van der Waals surface area contributed by atoms with Crippen LogP contribution in [0.15, 0.2) is 29.1 Å². The Morgan fingerprint density at radius 3 is 2.60 bits per heavy atom. The molecule has 1 aromatic heterocycles. The second-order valence-corrected chi connectivity index (χ2v) is 4.45. The van der Waals surface area contributed by atoms with Crippen LogP contribution >= 0.6 is 0 Å². The van der Waals surface area contributed by atoms with Gasteiger partial charge in [0.1, 0.15) is 11.6 Å². The van der Waals surface area contributed by atoms with E-state index in [-0.39, 0.29) is 12.1 Å². The first-order valence-electron chi connectivity index (χ1n) is 5.92. The van der Waals surface area contributed by atoms with E-state index in [0.717, 1.165) is 22.8 Å². The van der Waals surface area contributed by atoms with Gasteiger partial charge >= 0.3 is 5.69 Å². The molecule has 0 unspecified atom stereocenters. The van der Waals surface area contributed by atoms with Crippen LogP contribution in [-0.2, 0) is 6.54 Å². The van der Waals surface area contributed by atoms with Gasteiger partial charge in [0.25, 0.3) is 0 Å². The monoisotopic (exact) mass is 278 g/mol. The van der Waals surface area contributed by atoms with E-state index in [9.17, 15) is 18.4 Å². The lowest BCUT2D eigenvalue weighted by molar-refractivity contribution is 0.0965. The van der Waals surface area contributed by atoms with Crippen molar-refractivity contribution in [3.05, 3.63) is 63.3 Å². The van der Waals surface area contributed by atoms with E-state index < -0.39 is 23.1 Å². The van der Waals surface area contributed by atoms with Gasteiger partial charge in [-0.25, -0.2) is 13.6 Å². The molecule has 0 N–H and O–H groups in total. The number of carbonyl (C=O) groups is 1. The van der Waals surface area contributed by atoms with Gasteiger partial charge in [0.2, 0.25) is 0 Å². The maximum Gasteiger partial charge on any atom is 0.348 e. The lowest BCUT2D eigenvalue weighted by Crippen LogP contribution is -2.29. The van der Waals surface area contributed by atoms with Crippen molar-refractivity contribution in [2.45, 2.75) is 20.4 Å². The van der Waals surface area contributed by atoms with Crippen molar-refractivity contribution in [2.24, 2.45) is 0 Å². The van der Waals surface area contributed by atoms with Gasteiger partial charge in [0, 0.05) is 11.4 Å². The highest BCUT2D eigenvalue weighted by atomic mass is 19.1. The van der Waals surface area contributed by atoms with Crippen LogP contribution in [0.1, 0.15) is 21.7 Å². The largest absolute Gasteiger partial charge is 0.348 e. The number of aryl methyl sites for hydroxylation is 2. The van der Waals surface area contributed by atoms with E-state index in [0.29, 0.717) is 11.4 Å². The SMILES string of the molecule is Cc1cc(C)n(CC(=O)c2cc(F)ccc2F)c(=O)n1. The number of halogens is 2. The number of Topliss-reactive ketones (excluding diaryl/α,β-unsaturated/α-hetero) is 1. The first-order valence-corrected chi connectivity index (χ1v) is 5.92. The van der Waals surface area contributed by atoms with Crippen molar-refractivity contribution in [1.82, 2.24) is 9.55 Å². The zero-order valence-corrected chi connectivity index (χ0v) is 11.0. The zero-order chi connectivity index (χ0) is 14.9. The minimum absolute atomic E-state index is 0.377. The van der Waals surface area contributed by atoms with E-state index in [2.05, 4.69) is 4.98 Å². The average molecular weight is 278 g/mol. The molecule has 0 spiro atoms. The van der Waals surface area contributed by atoms with Crippen LogP contribution in [-0.4, -0.2) is 15.3 Å². The summed E-state index contributed by atoms with van der Waals surface area (Å²) in [7, 11) is 0. The second-order valence-electron chi connectivity index (χ2n) is 4.45. The van der Waals surface area contributed by atoms with E-state index in [1.54, 1.807) is 19.9 Å². The van der Waals surface area contributed by atoms with Crippen molar-refractivity contribution in [3.63, 3.8) is 0 Å². The molecule has 1 heterocycles. The molecule has 0 saturated heterocycles. The van der Waals surface area contributed by atoms with Gasteiger partial charge in [-0.15, -0.1) is 0 Å². The highest BCUT2D eigenvalue weighted by Gasteiger charge is 2.15. The van der Waals surface area contributed by atoms with Crippen LogP contribution < -0.4 is 5.69 Å². The van der Waals surface area contributed by atoms with Crippen LogP contribution in [0, 0.1) is 25.5 Å². The maximum atomic E-state index is 13.5. The molecule has 0 aliphatic rings. The second kappa shape index (κ2) is 5.32. The molecule has 0 aliphatic heterocycles.